The number of aliphatic imine (C=N–C) groups is 1. The van der Waals surface area contributed by atoms with E-state index in [9.17, 15) is 4.79 Å². The Bertz CT molecular complexity index is 560. The number of benzene rings is 1. The molecular formula is C15H22IN3O4. The van der Waals surface area contributed by atoms with Crippen LogP contribution in [-0.2, 0) is 16.0 Å². The number of carbonyl (C=O) groups is 1. The zero-order valence-electron chi connectivity index (χ0n) is 13.3. The molecule has 0 radical (unpaired) electrons. The van der Waals surface area contributed by atoms with Crippen molar-refractivity contribution in [1.82, 2.24) is 4.90 Å². The molecule has 1 saturated heterocycles. The van der Waals surface area contributed by atoms with Gasteiger partial charge in [0.05, 0.1) is 34.0 Å². The molecule has 0 saturated carbocycles. The second kappa shape index (κ2) is 9.56. The summed E-state index contributed by atoms with van der Waals surface area (Å²) in [6.07, 6.45) is 0. The van der Waals surface area contributed by atoms with Crippen LogP contribution in [0.4, 0.5) is 0 Å². The highest BCUT2D eigenvalue weighted by atomic mass is 127. The third-order valence-electron chi connectivity index (χ3n) is 3.43. The minimum atomic E-state index is -0.431. The van der Waals surface area contributed by atoms with Crippen LogP contribution >= 0.6 is 24.0 Å². The van der Waals surface area contributed by atoms with Crippen molar-refractivity contribution in [2.75, 3.05) is 40.5 Å². The molecule has 1 aliphatic rings. The summed E-state index contributed by atoms with van der Waals surface area (Å²) in [6, 6.07) is 5.24. The van der Waals surface area contributed by atoms with Gasteiger partial charge in [0.25, 0.3) is 0 Å². The molecule has 1 aliphatic heterocycles. The van der Waals surface area contributed by atoms with Crippen LogP contribution in [0.25, 0.3) is 0 Å². The van der Waals surface area contributed by atoms with Crippen molar-refractivity contribution >= 4 is 35.9 Å². The summed E-state index contributed by atoms with van der Waals surface area (Å²) in [5.41, 5.74) is 7.27. The van der Waals surface area contributed by atoms with Crippen LogP contribution in [0.3, 0.4) is 0 Å². The Morgan fingerprint density at radius 2 is 2.04 bits per heavy atom. The van der Waals surface area contributed by atoms with E-state index in [0.29, 0.717) is 37.0 Å². The van der Waals surface area contributed by atoms with Gasteiger partial charge in [0.2, 0.25) is 0 Å². The van der Waals surface area contributed by atoms with Gasteiger partial charge in [-0.15, -0.1) is 24.0 Å². The SMILES string of the molecule is COC(=O)c1ccc(CN=C(N)N2CCOCC2)cc1OC.I. The van der Waals surface area contributed by atoms with E-state index in [4.69, 9.17) is 19.9 Å². The van der Waals surface area contributed by atoms with Crippen LogP contribution in [0.1, 0.15) is 15.9 Å². The molecule has 0 atom stereocenters. The first kappa shape index (κ1) is 19.5. The van der Waals surface area contributed by atoms with Gasteiger partial charge in [-0.1, -0.05) is 6.07 Å². The summed E-state index contributed by atoms with van der Waals surface area (Å²) in [5, 5.41) is 0. The highest BCUT2D eigenvalue weighted by molar-refractivity contribution is 14.0. The van der Waals surface area contributed by atoms with Gasteiger partial charge in [0, 0.05) is 13.1 Å². The number of rotatable bonds is 4. The normalized spacial score (nSPS) is 14.9. The minimum absolute atomic E-state index is 0. The molecule has 1 heterocycles. The summed E-state index contributed by atoms with van der Waals surface area (Å²) in [4.78, 5) is 18.0. The fourth-order valence-corrected chi connectivity index (χ4v) is 2.18. The van der Waals surface area contributed by atoms with E-state index < -0.39 is 5.97 Å². The zero-order valence-corrected chi connectivity index (χ0v) is 15.6. The first-order valence-electron chi connectivity index (χ1n) is 7.03. The Labute approximate surface area is 152 Å². The maximum atomic E-state index is 11.6. The van der Waals surface area contributed by atoms with Crippen molar-refractivity contribution in [2.45, 2.75) is 6.54 Å². The van der Waals surface area contributed by atoms with E-state index in [1.165, 1.54) is 14.2 Å². The molecule has 1 fully saturated rings. The zero-order chi connectivity index (χ0) is 15.9. The minimum Gasteiger partial charge on any atom is -0.496 e. The molecule has 2 N–H and O–H groups in total. The fraction of sp³-hybridized carbons (Fsp3) is 0.467. The predicted molar refractivity (Wildman–Crippen MR) is 97.5 cm³/mol. The lowest BCUT2D eigenvalue weighted by Gasteiger charge is -2.27. The summed E-state index contributed by atoms with van der Waals surface area (Å²) in [5.74, 6) is 0.531. The molecular weight excluding hydrogens is 413 g/mol. The van der Waals surface area contributed by atoms with Crippen LogP contribution in [0, 0.1) is 0 Å². The Hall–Kier alpha value is -1.55. The number of halogens is 1. The Morgan fingerprint density at radius 1 is 1.35 bits per heavy atom. The molecule has 0 spiro atoms. The Kier molecular flexibility index (Phi) is 8.10. The second-order valence-electron chi connectivity index (χ2n) is 4.80. The molecule has 1 aromatic carbocycles. The van der Waals surface area contributed by atoms with E-state index in [1.54, 1.807) is 12.1 Å². The van der Waals surface area contributed by atoms with Crippen LogP contribution in [0.2, 0.25) is 0 Å². The van der Waals surface area contributed by atoms with Gasteiger partial charge in [0.15, 0.2) is 5.96 Å². The van der Waals surface area contributed by atoms with Crippen LogP contribution < -0.4 is 10.5 Å². The number of methoxy groups -OCH3 is 2. The molecule has 0 unspecified atom stereocenters. The van der Waals surface area contributed by atoms with E-state index >= 15 is 0 Å². The lowest BCUT2D eigenvalue weighted by molar-refractivity contribution is 0.0597. The van der Waals surface area contributed by atoms with Gasteiger partial charge in [0.1, 0.15) is 11.3 Å². The van der Waals surface area contributed by atoms with Crippen molar-refractivity contribution < 1.29 is 19.0 Å². The van der Waals surface area contributed by atoms with Gasteiger partial charge < -0.3 is 24.8 Å². The number of morpholine rings is 1. The molecule has 0 amide bonds. The summed E-state index contributed by atoms with van der Waals surface area (Å²) in [7, 11) is 2.85. The van der Waals surface area contributed by atoms with Gasteiger partial charge in [-0.25, -0.2) is 9.79 Å². The van der Waals surface area contributed by atoms with Gasteiger partial charge in [-0.3, -0.25) is 0 Å². The van der Waals surface area contributed by atoms with Crippen LogP contribution in [0.5, 0.6) is 5.75 Å². The average molecular weight is 435 g/mol. The molecule has 2 rings (SSSR count). The highest BCUT2D eigenvalue weighted by Crippen LogP contribution is 2.21. The third-order valence-corrected chi connectivity index (χ3v) is 3.43. The summed E-state index contributed by atoms with van der Waals surface area (Å²) in [6.45, 7) is 3.25. The van der Waals surface area contributed by atoms with Crippen molar-refractivity contribution in [3.63, 3.8) is 0 Å². The van der Waals surface area contributed by atoms with Gasteiger partial charge >= 0.3 is 5.97 Å². The van der Waals surface area contributed by atoms with Crippen molar-refractivity contribution in [3.05, 3.63) is 29.3 Å². The number of carbonyl (C=O) groups excluding carboxylic acids is 1. The quantitative estimate of drug-likeness (QED) is 0.332. The van der Waals surface area contributed by atoms with Crippen molar-refractivity contribution in [1.29, 1.82) is 0 Å². The molecule has 23 heavy (non-hydrogen) atoms. The molecule has 0 bridgehead atoms. The van der Waals surface area contributed by atoms with Crippen molar-refractivity contribution in [2.24, 2.45) is 10.7 Å². The van der Waals surface area contributed by atoms with Crippen molar-refractivity contribution in [3.8, 4) is 5.75 Å². The second-order valence-corrected chi connectivity index (χ2v) is 4.80. The van der Waals surface area contributed by atoms with E-state index in [1.807, 2.05) is 11.0 Å². The van der Waals surface area contributed by atoms with Crippen LogP contribution in [-0.4, -0.2) is 57.4 Å². The molecule has 0 aromatic heterocycles. The number of nitrogens with two attached hydrogens (primary N) is 1. The maximum absolute atomic E-state index is 11.6. The van der Waals surface area contributed by atoms with E-state index in [-0.39, 0.29) is 24.0 Å². The molecule has 8 heteroatoms. The monoisotopic (exact) mass is 435 g/mol. The third kappa shape index (κ3) is 5.24. The maximum Gasteiger partial charge on any atom is 0.341 e. The first-order valence-corrected chi connectivity index (χ1v) is 7.03. The van der Waals surface area contributed by atoms with E-state index in [0.717, 1.165) is 18.7 Å². The number of hydrogen-bond donors (Lipinski definition) is 1. The largest absolute Gasteiger partial charge is 0.496 e. The molecule has 128 valence electrons. The lowest BCUT2D eigenvalue weighted by Crippen LogP contribution is -2.44. The predicted octanol–water partition coefficient (Wildman–Crippen LogP) is 1.25. The molecule has 7 nitrogen and oxygen atoms in total. The summed E-state index contributed by atoms with van der Waals surface area (Å²) >= 11 is 0. The number of esters is 1. The average Bonchev–Trinajstić information content (AvgIpc) is 2.59. The number of guanidine groups is 1. The number of ether oxygens (including phenoxy) is 3. The first-order chi connectivity index (χ1) is 10.7. The number of nitrogens with zero attached hydrogens (tertiary/aromatic N) is 2. The Balaban J connectivity index is 0.00000264. The number of hydrogen-bond acceptors (Lipinski definition) is 5. The Morgan fingerprint density at radius 3 is 2.65 bits per heavy atom. The molecule has 1 aromatic rings. The smallest absolute Gasteiger partial charge is 0.341 e. The van der Waals surface area contributed by atoms with E-state index in [2.05, 4.69) is 4.99 Å². The van der Waals surface area contributed by atoms with Gasteiger partial charge in [-0.2, -0.15) is 0 Å². The molecule has 0 aliphatic carbocycles. The van der Waals surface area contributed by atoms with Gasteiger partial charge in [-0.05, 0) is 17.7 Å². The van der Waals surface area contributed by atoms with Crippen LogP contribution in [0.15, 0.2) is 23.2 Å². The summed E-state index contributed by atoms with van der Waals surface area (Å²) < 4.78 is 15.2. The fourth-order valence-electron chi connectivity index (χ4n) is 2.18. The lowest BCUT2D eigenvalue weighted by atomic mass is 10.1. The standard InChI is InChI=1S/C15H21N3O4.HI/c1-20-13-9-11(3-4-12(13)14(19)21-2)10-17-15(16)18-5-7-22-8-6-18;/h3-4,9H,5-8,10H2,1-2H3,(H2,16,17);1H. The highest BCUT2D eigenvalue weighted by Gasteiger charge is 2.14. The topological polar surface area (TPSA) is 86.4 Å².